The van der Waals surface area contributed by atoms with Gasteiger partial charge < -0.3 is 10.6 Å². The summed E-state index contributed by atoms with van der Waals surface area (Å²) in [6.07, 6.45) is 1.05. The normalized spacial score (nSPS) is 12.2. The zero-order chi connectivity index (χ0) is 13.7. The van der Waals surface area contributed by atoms with Crippen LogP contribution in [0.1, 0.15) is 27.2 Å². The number of anilines is 2. The van der Waals surface area contributed by atoms with Crippen molar-refractivity contribution in [2.24, 2.45) is 5.92 Å². The van der Waals surface area contributed by atoms with Crippen LogP contribution in [0.3, 0.4) is 0 Å². The molecule has 1 rings (SSSR count). The molecule has 5 heteroatoms. The van der Waals surface area contributed by atoms with Gasteiger partial charge in [0, 0.05) is 13.1 Å². The zero-order valence-electron chi connectivity index (χ0n) is 11.2. The monoisotopic (exact) mass is 251 g/mol. The summed E-state index contributed by atoms with van der Waals surface area (Å²) < 4.78 is 0. The van der Waals surface area contributed by atoms with E-state index in [4.69, 9.17) is 5.73 Å². The Labute approximate surface area is 108 Å². The number of nitro benzene ring substituents is 1. The Morgan fingerprint density at radius 1 is 1.44 bits per heavy atom. The molecule has 2 N–H and O–H groups in total. The van der Waals surface area contributed by atoms with E-state index in [-0.39, 0.29) is 11.4 Å². The van der Waals surface area contributed by atoms with Gasteiger partial charge in [0.15, 0.2) is 0 Å². The second-order valence-corrected chi connectivity index (χ2v) is 4.52. The lowest BCUT2D eigenvalue weighted by Gasteiger charge is -2.26. The van der Waals surface area contributed by atoms with Crippen molar-refractivity contribution in [3.8, 4) is 0 Å². The number of nitro groups is 1. The third-order valence-electron chi connectivity index (χ3n) is 3.18. The van der Waals surface area contributed by atoms with Gasteiger partial charge in [0.2, 0.25) is 0 Å². The molecule has 5 nitrogen and oxygen atoms in total. The van der Waals surface area contributed by atoms with Gasteiger partial charge in [-0.05, 0) is 25.0 Å². The van der Waals surface area contributed by atoms with Crippen molar-refractivity contribution in [3.05, 3.63) is 28.3 Å². The fourth-order valence-electron chi connectivity index (χ4n) is 1.91. The molecular weight excluding hydrogens is 230 g/mol. The van der Waals surface area contributed by atoms with Crippen molar-refractivity contribution in [3.63, 3.8) is 0 Å². The van der Waals surface area contributed by atoms with Crippen molar-refractivity contribution in [1.82, 2.24) is 0 Å². The molecule has 0 amide bonds. The van der Waals surface area contributed by atoms with Crippen LogP contribution in [0, 0.1) is 16.0 Å². The van der Waals surface area contributed by atoms with E-state index in [2.05, 4.69) is 13.8 Å². The van der Waals surface area contributed by atoms with Crippen LogP contribution in [-0.2, 0) is 0 Å². The third-order valence-corrected chi connectivity index (χ3v) is 3.18. The number of para-hydroxylation sites is 1. The second-order valence-electron chi connectivity index (χ2n) is 4.52. The van der Waals surface area contributed by atoms with Gasteiger partial charge in [-0.1, -0.05) is 26.3 Å². The summed E-state index contributed by atoms with van der Waals surface area (Å²) in [5, 5.41) is 11.1. The van der Waals surface area contributed by atoms with Gasteiger partial charge in [-0.3, -0.25) is 10.1 Å². The zero-order valence-corrected chi connectivity index (χ0v) is 11.2. The lowest BCUT2D eigenvalue weighted by Crippen LogP contribution is -2.28. The SMILES string of the molecule is CCC(C)CN(CC)c1cccc(N)c1[N+](=O)[O-]. The van der Waals surface area contributed by atoms with Crippen LogP contribution >= 0.6 is 0 Å². The topological polar surface area (TPSA) is 72.4 Å². The van der Waals surface area contributed by atoms with E-state index in [1.54, 1.807) is 18.2 Å². The highest BCUT2D eigenvalue weighted by molar-refractivity contribution is 5.75. The first kappa shape index (κ1) is 14.3. The Hall–Kier alpha value is -1.78. The van der Waals surface area contributed by atoms with E-state index < -0.39 is 4.92 Å². The van der Waals surface area contributed by atoms with Crippen LogP contribution < -0.4 is 10.6 Å². The third kappa shape index (κ3) is 3.12. The minimum Gasteiger partial charge on any atom is -0.393 e. The maximum absolute atomic E-state index is 11.1. The van der Waals surface area contributed by atoms with E-state index in [1.165, 1.54) is 0 Å². The first-order valence-electron chi connectivity index (χ1n) is 6.29. The summed E-state index contributed by atoms with van der Waals surface area (Å²) in [7, 11) is 0. The standard InChI is InChI=1S/C13H21N3O2/c1-4-10(3)9-15(5-2)12-8-6-7-11(14)13(12)16(17)18/h6-8,10H,4-5,9,14H2,1-3H3. The number of benzene rings is 1. The molecule has 1 aromatic carbocycles. The van der Waals surface area contributed by atoms with Crippen molar-refractivity contribution in [2.45, 2.75) is 27.2 Å². The fraction of sp³-hybridized carbons (Fsp3) is 0.538. The van der Waals surface area contributed by atoms with Crippen LogP contribution in [0.4, 0.5) is 17.1 Å². The van der Waals surface area contributed by atoms with Crippen molar-refractivity contribution < 1.29 is 4.92 Å². The molecule has 0 bridgehead atoms. The van der Waals surface area contributed by atoms with E-state index in [1.807, 2.05) is 11.8 Å². The highest BCUT2D eigenvalue weighted by atomic mass is 16.6. The molecule has 0 radical (unpaired) electrons. The van der Waals surface area contributed by atoms with Gasteiger partial charge in [0.25, 0.3) is 0 Å². The highest BCUT2D eigenvalue weighted by Crippen LogP contribution is 2.33. The van der Waals surface area contributed by atoms with Gasteiger partial charge in [-0.25, -0.2) is 0 Å². The molecule has 0 fully saturated rings. The lowest BCUT2D eigenvalue weighted by molar-refractivity contribution is -0.383. The van der Waals surface area contributed by atoms with E-state index in [0.717, 1.165) is 19.5 Å². The predicted octanol–water partition coefficient (Wildman–Crippen LogP) is 3.05. The maximum atomic E-state index is 11.1. The van der Waals surface area contributed by atoms with Gasteiger partial charge in [0.1, 0.15) is 11.4 Å². The Balaban J connectivity index is 3.13. The molecule has 1 unspecified atom stereocenters. The molecule has 0 aliphatic carbocycles. The largest absolute Gasteiger partial charge is 0.393 e. The average Bonchev–Trinajstić information content (AvgIpc) is 2.34. The quantitative estimate of drug-likeness (QED) is 0.479. The summed E-state index contributed by atoms with van der Waals surface area (Å²) >= 11 is 0. The molecule has 1 aromatic rings. The van der Waals surface area contributed by atoms with Crippen molar-refractivity contribution >= 4 is 17.1 Å². The molecule has 0 aliphatic rings. The molecule has 0 aliphatic heterocycles. The van der Waals surface area contributed by atoms with Gasteiger partial charge in [0.05, 0.1) is 4.92 Å². The van der Waals surface area contributed by atoms with Gasteiger partial charge in [-0.2, -0.15) is 0 Å². The predicted molar refractivity (Wildman–Crippen MR) is 74.9 cm³/mol. The maximum Gasteiger partial charge on any atom is 0.315 e. The molecule has 0 heterocycles. The molecule has 1 atom stereocenters. The molecule has 100 valence electrons. The van der Waals surface area contributed by atoms with Crippen LogP contribution in [0.5, 0.6) is 0 Å². The minimum atomic E-state index is -0.399. The van der Waals surface area contributed by atoms with Crippen LogP contribution in [0.2, 0.25) is 0 Å². The first-order chi connectivity index (χ1) is 8.51. The van der Waals surface area contributed by atoms with Gasteiger partial charge in [-0.15, -0.1) is 0 Å². The van der Waals surface area contributed by atoms with E-state index >= 15 is 0 Å². The second kappa shape index (κ2) is 6.23. The Bertz CT molecular complexity index is 421. The fourth-order valence-corrected chi connectivity index (χ4v) is 1.91. The summed E-state index contributed by atoms with van der Waals surface area (Å²) in [5.41, 5.74) is 6.56. The molecule has 0 spiro atoms. The van der Waals surface area contributed by atoms with E-state index in [0.29, 0.717) is 11.6 Å². The number of nitrogen functional groups attached to an aromatic ring is 1. The van der Waals surface area contributed by atoms with Crippen molar-refractivity contribution in [2.75, 3.05) is 23.7 Å². The number of hydrogen-bond donors (Lipinski definition) is 1. The number of nitrogens with zero attached hydrogens (tertiary/aromatic N) is 2. The Morgan fingerprint density at radius 3 is 2.61 bits per heavy atom. The molecule has 0 saturated carbocycles. The first-order valence-corrected chi connectivity index (χ1v) is 6.29. The molecule has 0 saturated heterocycles. The molecule has 0 aromatic heterocycles. The lowest BCUT2D eigenvalue weighted by atomic mass is 10.1. The average molecular weight is 251 g/mol. The number of hydrogen-bond acceptors (Lipinski definition) is 4. The summed E-state index contributed by atoms with van der Waals surface area (Å²) in [4.78, 5) is 12.7. The summed E-state index contributed by atoms with van der Waals surface area (Å²) in [6, 6.07) is 5.09. The van der Waals surface area contributed by atoms with Crippen LogP contribution in [-0.4, -0.2) is 18.0 Å². The smallest absolute Gasteiger partial charge is 0.315 e. The summed E-state index contributed by atoms with van der Waals surface area (Å²) in [6.45, 7) is 7.79. The minimum absolute atomic E-state index is 0.0163. The van der Waals surface area contributed by atoms with Crippen LogP contribution in [0.25, 0.3) is 0 Å². The van der Waals surface area contributed by atoms with Crippen molar-refractivity contribution in [1.29, 1.82) is 0 Å². The van der Waals surface area contributed by atoms with E-state index in [9.17, 15) is 10.1 Å². The molecular formula is C13H21N3O2. The molecule has 18 heavy (non-hydrogen) atoms. The number of rotatable bonds is 6. The summed E-state index contributed by atoms with van der Waals surface area (Å²) in [5.74, 6) is 0.492. The number of nitrogens with two attached hydrogens (primary N) is 1. The van der Waals surface area contributed by atoms with Gasteiger partial charge >= 0.3 is 5.69 Å². The highest BCUT2D eigenvalue weighted by Gasteiger charge is 2.22. The Kier molecular flexibility index (Phi) is 4.95. The Morgan fingerprint density at radius 2 is 2.11 bits per heavy atom. The van der Waals surface area contributed by atoms with Crippen LogP contribution in [0.15, 0.2) is 18.2 Å².